The lowest BCUT2D eigenvalue weighted by molar-refractivity contribution is -0.386. The lowest BCUT2D eigenvalue weighted by Gasteiger charge is -2.04. The molecule has 1 rings (SSSR count). The van der Waals surface area contributed by atoms with E-state index < -0.39 is 4.92 Å². The van der Waals surface area contributed by atoms with E-state index in [-0.39, 0.29) is 12.2 Å². The molecule has 0 aliphatic heterocycles. The van der Waals surface area contributed by atoms with Crippen molar-refractivity contribution in [2.45, 2.75) is 13.5 Å². The van der Waals surface area contributed by atoms with Crippen LogP contribution in [0.4, 0.5) is 5.69 Å². The third kappa shape index (κ3) is 1.79. The fraction of sp³-hybridized carbons (Fsp3) is 0.250. The maximum atomic E-state index is 10.6. The number of nitrogens with zero attached hydrogens (tertiary/aromatic N) is 1. The summed E-state index contributed by atoms with van der Waals surface area (Å²) >= 11 is 5.76. The molecule has 0 saturated carbocycles. The largest absolute Gasteiger partial charge is 0.326 e. The average molecular weight is 201 g/mol. The van der Waals surface area contributed by atoms with E-state index in [1.54, 1.807) is 19.1 Å². The first-order valence-corrected chi connectivity index (χ1v) is 4.08. The predicted molar refractivity (Wildman–Crippen MR) is 50.7 cm³/mol. The topological polar surface area (TPSA) is 69.2 Å². The van der Waals surface area contributed by atoms with Crippen molar-refractivity contribution in [3.8, 4) is 0 Å². The molecular formula is C8H9ClN2O2. The van der Waals surface area contributed by atoms with Gasteiger partial charge in [-0.25, -0.2) is 0 Å². The van der Waals surface area contributed by atoms with Crippen molar-refractivity contribution in [1.29, 1.82) is 0 Å². The smallest absolute Gasteiger partial charge is 0.278 e. The summed E-state index contributed by atoms with van der Waals surface area (Å²) in [7, 11) is 0. The minimum atomic E-state index is -0.455. The molecule has 0 fully saturated rings. The standard InChI is InChI=1S/C8H9ClN2O2/c1-5-2-3-7(9)6(4-10)8(5)11(12)13/h2-3H,4,10H2,1H3. The highest BCUT2D eigenvalue weighted by molar-refractivity contribution is 6.31. The van der Waals surface area contributed by atoms with Gasteiger partial charge in [-0.2, -0.15) is 0 Å². The molecule has 0 radical (unpaired) electrons. The van der Waals surface area contributed by atoms with Gasteiger partial charge in [0.25, 0.3) is 5.69 Å². The predicted octanol–water partition coefficient (Wildman–Crippen LogP) is 2.02. The molecule has 13 heavy (non-hydrogen) atoms. The van der Waals surface area contributed by atoms with Gasteiger partial charge in [-0.15, -0.1) is 0 Å². The molecule has 0 spiro atoms. The summed E-state index contributed by atoms with van der Waals surface area (Å²) in [4.78, 5) is 10.2. The first kappa shape index (κ1) is 9.95. The van der Waals surface area contributed by atoms with Crippen molar-refractivity contribution in [2.24, 2.45) is 5.73 Å². The van der Waals surface area contributed by atoms with Gasteiger partial charge in [0.1, 0.15) is 0 Å². The number of halogens is 1. The summed E-state index contributed by atoms with van der Waals surface area (Å²) in [5, 5.41) is 11.0. The molecule has 4 nitrogen and oxygen atoms in total. The van der Waals surface area contributed by atoms with Gasteiger partial charge in [-0.3, -0.25) is 10.1 Å². The molecule has 2 N–H and O–H groups in total. The van der Waals surface area contributed by atoms with Crippen LogP contribution >= 0.6 is 11.6 Å². The van der Waals surface area contributed by atoms with Crippen molar-refractivity contribution < 1.29 is 4.92 Å². The molecule has 1 aromatic carbocycles. The molecule has 70 valence electrons. The number of nitrogens with two attached hydrogens (primary N) is 1. The van der Waals surface area contributed by atoms with Crippen molar-refractivity contribution in [2.75, 3.05) is 0 Å². The second kappa shape index (κ2) is 3.72. The van der Waals surface area contributed by atoms with E-state index in [1.165, 1.54) is 0 Å². The van der Waals surface area contributed by atoms with Crippen LogP contribution in [0.3, 0.4) is 0 Å². The zero-order valence-corrected chi connectivity index (χ0v) is 7.84. The van der Waals surface area contributed by atoms with Crippen LogP contribution < -0.4 is 5.73 Å². The highest BCUT2D eigenvalue weighted by atomic mass is 35.5. The number of hydrogen-bond donors (Lipinski definition) is 1. The summed E-state index contributed by atoms with van der Waals surface area (Å²) in [6, 6.07) is 3.23. The Morgan fingerprint density at radius 2 is 2.23 bits per heavy atom. The van der Waals surface area contributed by atoms with E-state index in [9.17, 15) is 10.1 Å². The highest BCUT2D eigenvalue weighted by Crippen LogP contribution is 2.29. The van der Waals surface area contributed by atoms with Crippen LogP contribution in [-0.2, 0) is 6.54 Å². The number of benzene rings is 1. The van der Waals surface area contributed by atoms with Gasteiger partial charge in [0.2, 0.25) is 0 Å². The summed E-state index contributed by atoms with van der Waals surface area (Å²) in [6.45, 7) is 1.74. The quantitative estimate of drug-likeness (QED) is 0.587. The lowest BCUT2D eigenvalue weighted by Crippen LogP contribution is -2.04. The Kier molecular flexibility index (Phi) is 2.85. The van der Waals surface area contributed by atoms with E-state index in [4.69, 9.17) is 17.3 Å². The van der Waals surface area contributed by atoms with Gasteiger partial charge in [-0.1, -0.05) is 17.7 Å². The second-order valence-corrected chi connectivity index (χ2v) is 3.06. The number of aryl methyl sites for hydroxylation is 1. The van der Waals surface area contributed by atoms with Crippen LogP contribution in [0.5, 0.6) is 0 Å². The van der Waals surface area contributed by atoms with Gasteiger partial charge in [0, 0.05) is 12.1 Å². The van der Waals surface area contributed by atoms with Crippen molar-refractivity contribution in [3.05, 3.63) is 38.4 Å². The second-order valence-electron chi connectivity index (χ2n) is 2.65. The van der Waals surface area contributed by atoms with Crippen molar-refractivity contribution >= 4 is 17.3 Å². The molecule has 0 heterocycles. The normalized spacial score (nSPS) is 10.1. The molecule has 0 aromatic heterocycles. The van der Waals surface area contributed by atoms with Crippen molar-refractivity contribution in [3.63, 3.8) is 0 Å². The van der Waals surface area contributed by atoms with Crippen LogP contribution in [-0.4, -0.2) is 4.92 Å². The molecule has 5 heteroatoms. The molecule has 0 aliphatic carbocycles. The number of hydrogen-bond acceptors (Lipinski definition) is 3. The highest BCUT2D eigenvalue weighted by Gasteiger charge is 2.18. The Labute approximate surface area is 80.5 Å². The lowest BCUT2D eigenvalue weighted by atomic mass is 10.1. The molecule has 0 aliphatic rings. The Balaban J connectivity index is 3.43. The molecule has 0 amide bonds. The van der Waals surface area contributed by atoms with E-state index in [1.807, 2.05) is 0 Å². The van der Waals surface area contributed by atoms with Gasteiger partial charge in [0.15, 0.2) is 0 Å². The Bertz CT molecular complexity index is 352. The van der Waals surface area contributed by atoms with Crippen LogP contribution in [0, 0.1) is 17.0 Å². The average Bonchev–Trinajstić information content (AvgIpc) is 2.07. The van der Waals surface area contributed by atoms with E-state index in [0.717, 1.165) is 0 Å². The molecule has 1 aromatic rings. The van der Waals surface area contributed by atoms with Gasteiger partial charge in [0.05, 0.1) is 15.5 Å². The van der Waals surface area contributed by atoms with Gasteiger partial charge >= 0.3 is 0 Å². The maximum Gasteiger partial charge on any atom is 0.278 e. The van der Waals surface area contributed by atoms with Gasteiger partial charge in [-0.05, 0) is 13.0 Å². The van der Waals surface area contributed by atoms with Crippen LogP contribution in [0.25, 0.3) is 0 Å². The van der Waals surface area contributed by atoms with Crippen LogP contribution in [0.1, 0.15) is 11.1 Å². The molecule has 0 atom stereocenters. The zero-order chi connectivity index (χ0) is 10.0. The van der Waals surface area contributed by atoms with Crippen LogP contribution in [0.2, 0.25) is 5.02 Å². The fourth-order valence-corrected chi connectivity index (χ4v) is 1.41. The van der Waals surface area contributed by atoms with Gasteiger partial charge < -0.3 is 5.73 Å². The third-order valence-electron chi connectivity index (χ3n) is 1.81. The molecule has 0 bridgehead atoms. The van der Waals surface area contributed by atoms with Crippen LogP contribution in [0.15, 0.2) is 12.1 Å². The molecule has 0 unspecified atom stereocenters. The number of nitro benzene ring substituents is 1. The minimum Gasteiger partial charge on any atom is -0.326 e. The molecule has 0 saturated heterocycles. The van der Waals surface area contributed by atoms with Crippen molar-refractivity contribution in [1.82, 2.24) is 0 Å². The Morgan fingerprint density at radius 1 is 1.62 bits per heavy atom. The SMILES string of the molecule is Cc1ccc(Cl)c(CN)c1[N+](=O)[O-]. The summed E-state index contributed by atoms with van der Waals surface area (Å²) in [5.74, 6) is 0. The van der Waals surface area contributed by atoms with E-state index >= 15 is 0 Å². The minimum absolute atomic E-state index is 0.0231. The first-order valence-electron chi connectivity index (χ1n) is 3.70. The summed E-state index contributed by atoms with van der Waals surface area (Å²) in [6.07, 6.45) is 0. The van der Waals surface area contributed by atoms with E-state index in [2.05, 4.69) is 0 Å². The Morgan fingerprint density at radius 3 is 2.62 bits per heavy atom. The summed E-state index contributed by atoms with van der Waals surface area (Å²) < 4.78 is 0. The zero-order valence-electron chi connectivity index (χ0n) is 7.08. The Hall–Kier alpha value is -1.13. The van der Waals surface area contributed by atoms with E-state index in [0.29, 0.717) is 16.1 Å². The monoisotopic (exact) mass is 200 g/mol. The number of rotatable bonds is 2. The number of nitro groups is 1. The third-order valence-corrected chi connectivity index (χ3v) is 2.17. The maximum absolute atomic E-state index is 10.6. The first-order chi connectivity index (χ1) is 6.07. The molecular weight excluding hydrogens is 192 g/mol. The fourth-order valence-electron chi connectivity index (χ4n) is 1.18. The summed E-state index contributed by atoms with van der Waals surface area (Å²) in [5.41, 5.74) is 6.37.